The molecular formula is C13H19NO2. The Morgan fingerprint density at radius 2 is 1.94 bits per heavy atom. The van der Waals surface area contributed by atoms with E-state index >= 15 is 0 Å². The van der Waals surface area contributed by atoms with Crippen molar-refractivity contribution in [3.05, 3.63) is 24.3 Å². The predicted molar refractivity (Wildman–Crippen MR) is 63.9 cm³/mol. The summed E-state index contributed by atoms with van der Waals surface area (Å²) in [4.78, 5) is 0. The molecule has 0 aromatic heterocycles. The second-order valence-electron chi connectivity index (χ2n) is 4.54. The lowest BCUT2D eigenvalue weighted by molar-refractivity contribution is 0.219. The van der Waals surface area contributed by atoms with Crippen LogP contribution in [-0.2, 0) is 0 Å². The molecule has 0 atom stereocenters. The molecule has 0 radical (unpaired) electrons. The van der Waals surface area contributed by atoms with E-state index in [1.165, 1.54) is 12.8 Å². The van der Waals surface area contributed by atoms with Gasteiger partial charge in [0.05, 0.1) is 12.6 Å². The van der Waals surface area contributed by atoms with Crippen LogP contribution in [0.3, 0.4) is 0 Å². The zero-order valence-electron chi connectivity index (χ0n) is 9.74. The molecule has 88 valence electrons. The molecule has 0 heterocycles. The zero-order valence-corrected chi connectivity index (χ0v) is 9.74. The fourth-order valence-electron chi connectivity index (χ4n) is 2.14. The van der Waals surface area contributed by atoms with Gasteiger partial charge < -0.3 is 15.2 Å². The molecule has 3 heteroatoms. The first-order chi connectivity index (χ1) is 7.72. The molecule has 0 saturated heterocycles. The molecule has 1 aromatic carbocycles. The van der Waals surface area contributed by atoms with Crippen molar-refractivity contribution < 1.29 is 9.47 Å². The maximum absolute atomic E-state index is 6.22. The van der Waals surface area contributed by atoms with Gasteiger partial charge in [-0.15, -0.1) is 0 Å². The van der Waals surface area contributed by atoms with Crippen LogP contribution in [0.4, 0.5) is 0 Å². The molecule has 1 aromatic rings. The first kappa shape index (κ1) is 11.3. The molecule has 0 bridgehead atoms. The lowest BCUT2D eigenvalue weighted by Crippen LogP contribution is -2.42. The molecular weight excluding hydrogens is 202 g/mol. The lowest BCUT2D eigenvalue weighted by Gasteiger charge is -2.23. The molecule has 0 aliphatic heterocycles. The van der Waals surface area contributed by atoms with Crippen LogP contribution in [0, 0.1) is 0 Å². The van der Waals surface area contributed by atoms with Crippen LogP contribution >= 0.6 is 0 Å². The van der Waals surface area contributed by atoms with Crippen LogP contribution < -0.4 is 15.2 Å². The summed E-state index contributed by atoms with van der Waals surface area (Å²) in [6.45, 7) is 0.597. The minimum atomic E-state index is -0.122. The van der Waals surface area contributed by atoms with Gasteiger partial charge in [-0.1, -0.05) is 18.9 Å². The van der Waals surface area contributed by atoms with Gasteiger partial charge in [0.2, 0.25) is 0 Å². The van der Waals surface area contributed by atoms with Crippen LogP contribution in [0.5, 0.6) is 11.5 Å². The number of benzene rings is 1. The Kier molecular flexibility index (Phi) is 3.34. The van der Waals surface area contributed by atoms with Gasteiger partial charge in [0.15, 0.2) is 0 Å². The molecule has 0 unspecified atom stereocenters. The van der Waals surface area contributed by atoms with Crippen molar-refractivity contribution in [3.63, 3.8) is 0 Å². The van der Waals surface area contributed by atoms with Crippen molar-refractivity contribution in [2.75, 3.05) is 13.7 Å². The van der Waals surface area contributed by atoms with E-state index in [2.05, 4.69) is 0 Å². The molecule has 3 nitrogen and oxygen atoms in total. The smallest absolute Gasteiger partial charge is 0.123 e. The summed E-state index contributed by atoms with van der Waals surface area (Å²) >= 11 is 0. The Hall–Kier alpha value is -1.22. The van der Waals surface area contributed by atoms with Crippen LogP contribution in [-0.4, -0.2) is 19.3 Å². The Bertz CT molecular complexity index is 346. The topological polar surface area (TPSA) is 44.5 Å². The van der Waals surface area contributed by atoms with Crippen molar-refractivity contribution in [1.29, 1.82) is 0 Å². The van der Waals surface area contributed by atoms with Gasteiger partial charge in [-0.2, -0.15) is 0 Å². The number of hydrogen-bond acceptors (Lipinski definition) is 3. The summed E-state index contributed by atoms with van der Waals surface area (Å²) in [5.74, 6) is 1.64. The van der Waals surface area contributed by atoms with Crippen LogP contribution in [0.2, 0.25) is 0 Å². The minimum Gasteiger partial charge on any atom is -0.497 e. The van der Waals surface area contributed by atoms with Gasteiger partial charge >= 0.3 is 0 Å². The Balaban J connectivity index is 1.93. The lowest BCUT2D eigenvalue weighted by atomic mass is 10.0. The van der Waals surface area contributed by atoms with Gasteiger partial charge in [-0.25, -0.2) is 0 Å². The molecule has 0 amide bonds. The average molecular weight is 221 g/mol. The molecule has 2 rings (SSSR count). The van der Waals surface area contributed by atoms with Crippen molar-refractivity contribution in [2.24, 2.45) is 5.73 Å². The first-order valence-corrected chi connectivity index (χ1v) is 5.78. The van der Waals surface area contributed by atoms with E-state index in [1.807, 2.05) is 24.3 Å². The largest absolute Gasteiger partial charge is 0.497 e. The highest BCUT2D eigenvalue weighted by molar-refractivity contribution is 5.32. The summed E-state index contributed by atoms with van der Waals surface area (Å²) < 4.78 is 10.9. The van der Waals surface area contributed by atoms with Crippen molar-refractivity contribution >= 4 is 0 Å². The van der Waals surface area contributed by atoms with Crippen molar-refractivity contribution in [1.82, 2.24) is 0 Å². The van der Waals surface area contributed by atoms with Gasteiger partial charge in [-0.05, 0) is 25.0 Å². The molecule has 1 aliphatic carbocycles. The standard InChI is InChI=1S/C13H19NO2/c1-15-11-5-4-6-12(9-11)16-10-13(14)7-2-3-8-13/h4-6,9H,2-3,7-8,10,14H2,1H3. The quantitative estimate of drug-likeness (QED) is 0.848. The van der Waals surface area contributed by atoms with Crippen LogP contribution in [0.25, 0.3) is 0 Å². The van der Waals surface area contributed by atoms with E-state index in [0.717, 1.165) is 24.3 Å². The highest BCUT2D eigenvalue weighted by Gasteiger charge is 2.30. The summed E-state index contributed by atoms with van der Waals surface area (Å²) in [5.41, 5.74) is 6.10. The number of hydrogen-bond donors (Lipinski definition) is 1. The Morgan fingerprint density at radius 1 is 1.25 bits per heavy atom. The van der Waals surface area contributed by atoms with Crippen LogP contribution in [0.15, 0.2) is 24.3 Å². The molecule has 2 N–H and O–H groups in total. The van der Waals surface area contributed by atoms with E-state index in [9.17, 15) is 0 Å². The fourth-order valence-corrected chi connectivity index (χ4v) is 2.14. The van der Waals surface area contributed by atoms with E-state index in [-0.39, 0.29) is 5.54 Å². The monoisotopic (exact) mass is 221 g/mol. The fraction of sp³-hybridized carbons (Fsp3) is 0.538. The number of rotatable bonds is 4. The molecule has 16 heavy (non-hydrogen) atoms. The second-order valence-corrected chi connectivity index (χ2v) is 4.54. The van der Waals surface area contributed by atoms with E-state index < -0.39 is 0 Å². The van der Waals surface area contributed by atoms with E-state index in [0.29, 0.717) is 6.61 Å². The third-order valence-electron chi connectivity index (χ3n) is 3.17. The summed E-state index contributed by atoms with van der Waals surface area (Å²) in [7, 11) is 1.65. The maximum Gasteiger partial charge on any atom is 0.123 e. The second kappa shape index (κ2) is 4.74. The van der Waals surface area contributed by atoms with Gasteiger partial charge in [0.1, 0.15) is 18.1 Å². The van der Waals surface area contributed by atoms with Gasteiger partial charge in [0.25, 0.3) is 0 Å². The summed E-state index contributed by atoms with van der Waals surface area (Å²) in [6.07, 6.45) is 4.57. The molecule has 0 spiro atoms. The van der Waals surface area contributed by atoms with E-state index in [1.54, 1.807) is 7.11 Å². The molecule has 1 aliphatic rings. The molecule has 1 saturated carbocycles. The highest BCUT2D eigenvalue weighted by Crippen LogP contribution is 2.28. The minimum absolute atomic E-state index is 0.122. The third-order valence-corrected chi connectivity index (χ3v) is 3.17. The summed E-state index contributed by atoms with van der Waals surface area (Å²) in [6, 6.07) is 7.64. The SMILES string of the molecule is COc1cccc(OCC2(N)CCCC2)c1. The number of ether oxygens (including phenoxy) is 2. The Labute approximate surface area is 96.5 Å². The van der Waals surface area contributed by atoms with Crippen LogP contribution in [0.1, 0.15) is 25.7 Å². The van der Waals surface area contributed by atoms with Crippen molar-refractivity contribution in [3.8, 4) is 11.5 Å². The normalized spacial score (nSPS) is 18.4. The van der Waals surface area contributed by atoms with Gasteiger partial charge in [-0.3, -0.25) is 0 Å². The predicted octanol–water partition coefficient (Wildman–Crippen LogP) is 2.35. The Morgan fingerprint density at radius 3 is 2.62 bits per heavy atom. The van der Waals surface area contributed by atoms with Gasteiger partial charge in [0, 0.05) is 6.07 Å². The number of methoxy groups -OCH3 is 1. The first-order valence-electron chi connectivity index (χ1n) is 5.78. The average Bonchev–Trinajstić information content (AvgIpc) is 2.75. The zero-order chi connectivity index (χ0) is 11.4. The molecule has 1 fully saturated rings. The highest BCUT2D eigenvalue weighted by atomic mass is 16.5. The van der Waals surface area contributed by atoms with E-state index in [4.69, 9.17) is 15.2 Å². The number of nitrogens with two attached hydrogens (primary N) is 1. The summed E-state index contributed by atoms with van der Waals surface area (Å²) in [5, 5.41) is 0. The van der Waals surface area contributed by atoms with Crippen molar-refractivity contribution in [2.45, 2.75) is 31.2 Å². The maximum atomic E-state index is 6.22. The third kappa shape index (κ3) is 2.67.